The van der Waals surface area contributed by atoms with Crippen LogP contribution in [0.5, 0.6) is 0 Å². The summed E-state index contributed by atoms with van der Waals surface area (Å²) in [7, 11) is 0. The second-order valence-corrected chi connectivity index (χ2v) is 5.58. The van der Waals surface area contributed by atoms with E-state index in [4.69, 9.17) is 5.11 Å². The van der Waals surface area contributed by atoms with Gasteiger partial charge in [-0.1, -0.05) is 6.92 Å². The van der Waals surface area contributed by atoms with Gasteiger partial charge >= 0.3 is 5.97 Å². The minimum absolute atomic E-state index is 0.340. The maximum absolute atomic E-state index is 12.3. The smallest absolute Gasteiger partial charge is 0.326 e. The van der Waals surface area contributed by atoms with Gasteiger partial charge in [-0.2, -0.15) is 0 Å². The number of hydrogen-bond acceptors (Lipinski definition) is 4. The van der Waals surface area contributed by atoms with Crippen molar-refractivity contribution in [3.05, 3.63) is 34.6 Å². The normalized spacial score (nSPS) is 12.1. The maximum Gasteiger partial charge on any atom is 0.326 e. The van der Waals surface area contributed by atoms with E-state index in [-0.39, 0.29) is 5.91 Å². The first-order chi connectivity index (χ1) is 9.95. The molecule has 0 bridgehead atoms. The third-order valence-corrected chi connectivity index (χ3v) is 4.05. The Kier molecular flexibility index (Phi) is 4.42. The van der Waals surface area contributed by atoms with Crippen molar-refractivity contribution in [2.45, 2.75) is 33.2 Å². The zero-order valence-electron chi connectivity index (χ0n) is 12.1. The molecule has 0 fully saturated rings. The van der Waals surface area contributed by atoms with Crippen LogP contribution in [0.3, 0.4) is 0 Å². The fraction of sp³-hybridized carbons (Fsp3) is 0.357. The second kappa shape index (κ2) is 6.09. The van der Waals surface area contributed by atoms with E-state index >= 15 is 0 Å². The Balaban J connectivity index is 2.31. The highest BCUT2D eigenvalue weighted by molar-refractivity contribution is 7.12. The number of rotatable bonds is 5. The number of nitrogens with one attached hydrogen (secondary N) is 1. The van der Waals surface area contributed by atoms with Crippen LogP contribution in [-0.2, 0) is 4.79 Å². The molecule has 6 nitrogen and oxygen atoms in total. The summed E-state index contributed by atoms with van der Waals surface area (Å²) < 4.78 is 1.89. The van der Waals surface area contributed by atoms with E-state index in [1.54, 1.807) is 19.2 Å². The third-order valence-electron chi connectivity index (χ3n) is 3.30. The Morgan fingerprint density at radius 1 is 1.48 bits per heavy atom. The van der Waals surface area contributed by atoms with Crippen LogP contribution < -0.4 is 5.32 Å². The van der Waals surface area contributed by atoms with Crippen molar-refractivity contribution in [2.75, 3.05) is 0 Å². The molecule has 2 heterocycles. The summed E-state index contributed by atoms with van der Waals surface area (Å²) in [5, 5.41) is 14.2. The molecular weight excluding hydrogens is 290 g/mol. The zero-order valence-corrected chi connectivity index (χ0v) is 12.9. The highest BCUT2D eigenvalue weighted by Gasteiger charge is 2.22. The van der Waals surface area contributed by atoms with E-state index in [0.717, 1.165) is 16.5 Å². The summed E-state index contributed by atoms with van der Waals surface area (Å²) in [4.78, 5) is 27.5. The lowest BCUT2D eigenvalue weighted by Gasteiger charge is -2.12. The predicted octanol–water partition coefficient (Wildman–Crippen LogP) is 2.14. The van der Waals surface area contributed by atoms with Crippen LogP contribution in [0, 0.1) is 13.8 Å². The lowest BCUT2D eigenvalue weighted by atomic mass is 10.2. The van der Waals surface area contributed by atoms with Gasteiger partial charge in [-0.05, 0) is 26.3 Å². The summed E-state index contributed by atoms with van der Waals surface area (Å²) in [6.07, 6.45) is 2.04. The first kappa shape index (κ1) is 15.2. The van der Waals surface area contributed by atoms with E-state index in [2.05, 4.69) is 10.3 Å². The number of hydrogen-bond donors (Lipinski definition) is 2. The number of amides is 1. The molecule has 2 N–H and O–H groups in total. The molecule has 1 atom stereocenters. The fourth-order valence-corrected chi connectivity index (χ4v) is 2.94. The Morgan fingerprint density at radius 2 is 2.19 bits per heavy atom. The van der Waals surface area contributed by atoms with E-state index < -0.39 is 12.0 Å². The van der Waals surface area contributed by atoms with Gasteiger partial charge in [-0.3, -0.25) is 9.36 Å². The van der Waals surface area contributed by atoms with Gasteiger partial charge < -0.3 is 10.4 Å². The number of nitrogens with zero attached hydrogens (tertiary/aromatic N) is 2. The van der Waals surface area contributed by atoms with Gasteiger partial charge in [0.05, 0.1) is 5.56 Å². The minimum Gasteiger partial charge on any atom is -0.480 e. The summed E-state index contributed by atoms with van der Waals surface area (Å²) in [6.45, 7) is 5.43. The molecule has 0 saturated heterocycles. The van der Waals surface area contributed by atoms with Crippen LogP contribution in [0.25, 0.3) is 5.13 Å². The fourth-order valence-electron chi connectivity index (χ4n) is 2.19. The topological polar surface area (TPSA) is 84.2 Å². The quantitative estimate of drug-likeness (QED) is 0.886. The number of carboxylic acids is 1. The van der Waals surface area contributed by atoms with Crippen molar-refractivity contribution < 1.29 is 14.7 Å². The Labute approximate surface area is 126 Å². The number of carboxylic acid groups (broad SMARTS) is 1. The summed E-state index contributed by atoms with van der Waals surface area (Å²) in [6, 6.07) is 0.876. The maximum atomic E-state index is 12.3. The Bertz CT molecular complexity index is 661. The number of aryl methyl sites for hydroxylation is 1. The molecule has 0 aromatic carbocycles. The molecule has 1 amide bonds. The SMILES string of the molecule is CCC(NC(=O)c1cc(C)n(-c2nccs2)c1C)C(=O)O. The van der Waals surface area contributed by atoms with E-state index in [1.807, 2.05) is 23.8 Å². The van der Waals surface area contributed by atoms with E-state index in [9.17, 15) is 9.59 Å². The van der Waals surface area contributed by atoms with Crippen molar-refractivity contribution in [2.24, 2.45) is 0 Å². The number of aliphatic carboxylic acids is 1. The summed E-state index contributed by atoms with van der Waals surface area (Å²) in [5.41, 5.74) is 2.11. The van der Waals surface area contributed by atoms with Gasteiger partial charge in [0.1, 0.15) is 6.04 Å². The number of aromatic nitrogens is 2. The van der Waals surface area contributed by atoms with Gasteiger partial charge in [0, 0.05) is 23.0 Å². The molecule has 2 aromatic rings. The molecule has 0 aliphatic heterocycles. The lowest BCUT2D eigenvalue weighted by Crippen LogP contribution is -2.40. The van der Waals surface area contributed by atoms with Crippen molar-refractivity contribution in [1.82, 2.24) is 14.9 Å². The molecule has 2 aromatic heterocycles. The van der Waals surface area contributed by atoms with Crippen molar-refractivity contribution in [3.8, 4) is 5.13 Å². The molecule has 21 heavy (non-hydrogen) atoms. The van der Waals surface area contributed by atoms with Gasteiger partial charge in [-0.25, -0.2) is 9.78 Å². The predicted molar refractivity (Wildman–Crippen MR) is 80.1 cm³/mol. The molecule has 0 aliphatic carbocycles. The van der Waals surface area contributed by atoms with Crippen LogP contribution in [0.4, 0.5) is 0 Å². The Hall–Kier alpha value is -2.15. The van der Waals surface area contributed by atoms with Crippen molar-refractivity contribution in [1.29, 1.82) is 0 Å². The van der Waals surface area contributed by atoms with Crippen LogP contribution >= 0.6 is 11.3 Å². The molecular formula is C14H17N3O3S. The number of thiazole rings is 1. The van der Waals surface area contributed by atoms with Gasteiger partial charge in [0.15, 0.2) is 5.13 Å². The van der Waals surface area contributed by atoms with E-state index in [0.29, 0.717) is 12.0 Å². The molecule has 0 saturated carbocycles. The zero-order chi connectivity index (χ0) is 15.6. The average molecular weight is 307 g/mol. The first-order valence-corrected chi connectivity index (χ1v) is 7.46. The van der Waals surface area contributed by atoms with Gasteiger partial charge in [-0.15, -0.1) is 11.3 Å². The van der Waals surface area contributed by atoms with Crippen molar-refractivity contribution in [3.63, 3.8) is 0 Å². The van der Waals surface area contributed by atoms with Gasteiger partial charge in [0.25, 0.3) is 5.91 Å². The van der Waals surface area contributed by atoms with Gasteiger partial charge in [0.2, 0.25) is 0 Å². The lowest BCUT2D eigenvalue weighted by molar-refractivity contribution is -0.139. The minimum atomic E-state index is -1.03. The third kappa shape index (κ3) is 2.97. The molecule has 112 valence electrons. The average Bonchev–Trinajstić information content (AvgIpc) is 3.03. The number of carbonyl (C=O) groups excluding carboxylic acids is 1. The van der Waals surface area contributed by atoms with E-state index in [1.165, 1.54) is 11.3 Å². The van der Waals surface area contributed by atoms with Crippen LogP contribution in [-0.4, -0.2) is 32.6 Å². The standard InChI is InChI=1S/C14H17N3O3S/c1-4-11(13(19)20)16-12(18)10-7-8(2)17(9(10)3)14-15-5-6-21-14/h5-7,11H,4H2,1-3H3,(H,16,18)(H,19,20). The highest BCUT2D eigenvalue weighted by atomic mass is 32.1. The van der Waals surface area contributed by atoms with Crippen molar-refractivity contribution >= 4 is 23.2 Å². The van der Waals surface area contributed by atoms with Crippen LogP contribution in [0.15, 0.2) is 17.6 Å². The van der Waals surface area contributed by atoms with Crippen LogP contribution in [0.2, 0.25) is 0 Å². The Morgan fingerprint density at radius 3 is 2.71 bits per heavy atom. The highest BCUT2D eigenvalue weighted by Crippen LogP contribution is 2.22. The molecule has 0 radical (unpaired) electrons. The second-order valence-electron chi connectivity index (χ2n) is 4.71. The summed E-state index contributed by atoms with van der Waals surface area (Å²) >= 11 is 1.48. The molecule has 0 spiro atoms. The molecule has 1 unspecified atom stereocenters. The molecule has 0 aliphatic rings. The first-order valence-electron chi connectivity index (χ1n) is 6.58. The number of carbonyl (C=O) groups is 2. The molecule has 7 heteroatoms. The van der Waals surface area contributed by atoms with Crippen LogP contribution in [0.1, 0.15) is 35.1 Å². The summed E-state index contributed by atoms with van der Waals surface area (Å²) in [5.74, 6) is -1.40. The largest absolute Gasteiger partial charge is 0.480 e. The molecule has 2 rings (SSSR count). The monoisotopic (exact) mass is 307 g/mol.